The molecule has 118 valence electrons. The SMILES string of the molecule is O=C1c2cnc(N3CCCC3)nc2CN1C1CCS(=O)(=O)C1. The molecule has 0 radical (unpaired) electrons. The predicted molar refractivity (Wildman–Crippen MR) is 80.4 cm³/mol. The molecular weight excluding hydrogens is 304 g/mol. The van der Waals surface area contributed by atoms with Crippen molar-refractivity contribution in [2.75, 3.05) is 29.5 Å². The summed E-state index contributed by atoms with van der Waals surface area (Å²) in [6.07, 6.45) is 4.41. The number of amides is 1. The van der Waals surface area contributed by atoms with Gasteiger partial charge in [-0.3, -0.25) is 4.79 Å². The molecule has 0 N–H and O–H groups in total. The molecule has 4 heterocycles. The van der Waals surface area contributed by atoms with E-state index in [1.54, 1.807) is 11.1 Å². The van der Waals surface area contributed by atoms with Gasteiger partial charge >= 0.3 is 0 Å². The second-order valence-corrected chi connectivity index (χ2v) is 8.44. The van der Waals surface area contributed by atoms with Crippen LogP contribution in [0.4, 0.5) is 5.95 Å². The van der Waals surface area contributed by atoms with Crippen LogP contribution in [0.5, 0.6) is 0 Å². The molecule has 4 rings (SSSR count). The van der Waals surface area contributed by atoms with E-state index in [1.807, 2.05) is 0 Å². The number of rotatable bonds is 2. The van der Waals surface area contributed by atoms with Gasteiger partial charge in [0.05, 0.1) is 29.3 Å². The number of carbonyl (C=O) groups is 1. The first-order valence-electron chi connectivity index (χ1n) is 7.66. The number of fused-ring (bicyclic) bond motifs is 1. The van der Waals surface area contributed by atoms with Crippen LogP contribution in [0.15, 0.2) is 6.20 Å². The quantitative estimate of drug-likeness (QED) is 0.774. The first-order valence-corrected chi connectivity index (χ1v) is 9.48. The van der Waals surface area contributed by atoms with Crippen molar-refractivity contribution in [2.24, 2.45) is 0 Å². The minimum Gasteiger partial charge on any atom is -0.341 e. The van der Waals surface area contributed by atoms with Gasteiger partial charge < -0.3 is 9.80 Å². The molecule has 0 saturated carbocycles. The third-order valence-electron chi connectivity index (χ3n) is 4.70. The third-order valence-corrected chi connectivity index (χ3v) is 6.45. The standard InChI is InChI=1S/C14H18N4O3S/c19-13-11-7-15-14(17-4-1-2-5-17)16-12(11)8-18(13)10-3-6-22(20,21)9-10/h7,10H,1-6,8-9H2. The van der Waals surface area contributed by atoms with Gasteiger partial charge in [-0.05, 0) is 19.3 Å². The molecule has 1 aromatic rings. The molecule has 2 fully saturated rings. The van der Waals surface area contributed by atoms with Crippen molar-refractivity contribution in [3.8, 4) is 0 Å². The van der Waals surface area contributed by atoms with E-state index >= 15 is 0 Å². The molecular formula is C14H18N4O3S. The normalized spacial score (nSPS) is 26.7. The van der Waals surface area contributed by atoms with Crippen LogP contribution in [0.3, 0.4) is 0 Å². The van der Waals surface area contributed by atoms with Crippen LogP contribution in [-0.2, 0) is 16.4 Å². The Bertz CT molecular complexity index is 728. The zero-order valence-electron chi connectivity index (χ0n) is 12.2. The van der Waals surface area contributed by atoms with Crippen molar-refractivity contribution < 1.29 is 13.2 Å². The molecule has 0 aromatic carbocycles. The van der Waals surface area contributed by atoms with Gasteiger partial charge in [0.25, 0.3) is 5.91 Å². The smallest absolute Gasteiger partial charge is 0.257 e. The lowest BCUT2D eigenvalue weighted by Crippen LogP contribution is -2.36. The Kier molecular flexibility index (Phi) is 3.11. The average molecular weight is 322 g/mol. The molecule has 8 heteroatoms. The number of nitrogens with zero attached hydrogens (tertiary/aromatic N) is 4. The summed E-state index contributed by atoms with van der Waals surface area (Å²) in [7, 11) is -3.00. The Balaban J connectivity index is 1.58. The minimum absolute atomic E-state index is 0.0686. The molecule has 0 spiro atoms. The summed E-state index contributed by atoms with van der Waals surface area (Å²) < 4.78 is 23.3. The lowest BCUT2D eigenvalue weighted by atomic mass is 10.2. The van der Waals surface area contributed by atoms with Gasteiger partial charge in [-0.25, -0.2) is 18.4 Å². The second kappa shape index (κ2) is 4.91. The topological polar surface area (TPSA) is 83.5 Å². The van der Waals surface area contributed by atoms with Gasteiger partial charge in [0.15, 0.2) is 9.84 Å². The van der Waals surface area contributed by atoms with Crippen molar-refractivity contribution in [1.82, 2.24) is 14.9 Å². The van der Waals surface area contributed by atoms with E-state index in [2.05, 4.69) is 14.9 Å². The zero-order valence-corrected chi connectivity index (χ0v) is 13.0. The lowest BCUT2D eigenvalue weighted by molar-refractivity contribution is 0.0721. The van der Waals surface area contributed by atoms with Crippen molar-refractivity contribution in [2.45, 2.75) is 31.8 Å². The van der Waals surface area contributed by atoms with Crippen molar-refractivity contribution >= 4 is 21.7 Å². The van der Waals surface area contributed by atoms with E-state index in [1.165, 1.54) is 0 Å². The Hall–Kier alpha value is -1.70. The monoisotopic (exact) mass is 322 g/mol. The Morgan fingerprint density at radius 1 is 1.23 bits per heavy atom. The van der Waals surface area contributed by atoms with Gasteiger partial charge in [-0.2, -0.15) is 0 Å². The van der Waals surface area contributed by atoms with Crippen LogP contribution in [-0.4, -0.2) is 59.8 Å². The maximum Gasteiger partial charge on any atom is 0.257 e. The molecule has 1 aromatic heterocycles. The van der Waals surface area contributed by atoms with Gasteiger partial charge in [-0.1, -0.05) is 0 Å². The summed E-state index contributed by atoms with van der Waals surface area (Å²) >= 11 is 0. The van der Waals surface area contributed by atoms with Crippen LogP contribution in [0.2, 0.25) is 0 Å². The van der Waals surface area contributed by atoms with Crippen molar-refractivity contribution in [3.05, 3.63) is 17.5 Å². The van der Waals surface area contributed by atoms with Gasteiger partial charge in [0.2, 0.25) is 5.95 Å². The van der Waals surface area contributed by atoms with E-state index in [0.29, 0.717) is 24.5 Å². The highest BCUT2D eigenvalue weighted by molar-refractivity contribution is 7.91. The fraction of sp³-hybridized carbons (Fsp3) is 0.643. The maximum absolute atomic E-state index is 12.5. The summed E-state index contributed by atoms with van der Waals surface area (Å²) in [6, 6.07) is -0.220. The number of hydrogen-bond donors (Lipinski definition) is 0. The largest absolute Gasteiger partial charge is 0.341 e. The average Bonchev–Trinajstić information content (AvgIpc) is 3.18. The molecule has 1 atom stereocenters. The van der Waals surface area contributed by atoms with Crippen LogP contribution >= 0.6 is 0 Å². The van der Waals surface area contributed by atoms with E-state index in [9.17, 15) is 13.2 Å². The molecule has 0 aliphatic carbocycles. The second-order valence-electron chi connectivity index (χ2n) is 6.21. The Morgan fingerprint density at radius 2 is 2.00 bits per heavy atom. The number of carbonyl (C=O) groups excluding carboxylic acids is 1. The van der Waals surface area contributed by atoms with Gasteiger partial charge in [-0.15, -0.1) is 0 Å². The maximum atomic E-state index is 12.5. The highest BCUT2D eigenvalue weighted by Crippen LogP contribution is 2.29. The summed E-state index contributed by atoms with van der Waals surface area (Å²) in [5.41, 5.74) is 1.25. The number of aromatic nitrogens is 2. The number of sulfone groups is 1. The highest BCUT2D eigenvalue weighted by atomic mass is 32.2. The van der Waals surface area contributed by atoms with E-state index in [0.717, 1.165) is 31.6 Å². The van der Waals surface area contributed by atoms with Crippen molar-refractivity contribution in [1.29, 1.82) is 0 Å². The molecule has 3 aliphatic rings. The molecule has 1 unspecified atom stereocenters. The molecule has 0 bridgehead atoms. The summed E-state index contributed by atoms with van der Waals surface area (Å²) in [4.78, 5) is 25.1. The third kappa shape index (κ3) is 2.25. The Morgan fingerprint density at radius 3 is 2.68 bits per heavy atom. The molecule has 22 heavy (non-hydrogen) atoms. The van der Waals surface area contributed by atoms with E-state index < -0.39 is 9.84 Å². The molecule has 1 amide bonds. The summed E-state index contributed by atoms with van der Waals surface area (Å²) in [6.45, 7) is 2.31. The van der Waals surface area contributed by atoms with Crippen LogP contribution in [0, 0.1) is 0 Å². The zero-order chi connectivity index (χ0) is 15.3. The number of anilines is 1. The minimum atomic E-state index is -3.00. The lowest BCUT2D eigenvalue weighted by Gasteiger charge is -2.21. The van der Waals surface area contributed by atoms with Crippen LogP contribution < -0.4 is 4.90 Å². The Labute approximate surface area is 129 Å². The summed E-state index contributed by atoms with van der Waals surface area (Å²) in [5.74, 6) is 0.789. The highest BCUT2D eigenvalue weighted by Gasteiger charge is 2.40. The van der Waals surface area contributed by atoms with Crippen LogP contribution in [0.1, 0.15) is 35.3 Å². The predicted octanol–water partition coefficient (Wildman–Crippen LogP) is 0.220. The fourth-order valence-corrected chi connectivity index (χ4v) is 5.21. The van der Waals surface area contributed by atoms with E-state index in [4.69, 9.17) is 0 Å². The van der Waals surface area contributed by atoms with Gasteiger partial charge in [0, 0.05) is 25.3 Å². The van der Waals surface area contributed by atoms with E-state index in [-0.39, 0.29) is 23.5 Å². The molecule has 7 nitrogen and oxygen atoms in total. The van der Waals surface area contributed by atoms with Gasteiger partial charge in [0.1, 0.15) is 0 Å². The summed E-state index contributed by atoms with van der Waals surface area (Å²) in [5, 5.41) is 0. The molecule has 2 saturated heterocycles. The first-order chi connectivity index (χ1) is 10.5. The van der Waals surface area contributed by atoms with Crippen LogP contribution in [0.25, 0.3) is 0 Å². The number of hydrogen-bond acceptors (Lipinski definition) is 6. The van der Waals surface area contributed by atoms with Crippen molar-refractivity contribution in [3.63, 3.8) is 0 Å². The molecule has 3 aliphatic heterocycles. The fourth-order valence-electron chi connectivity index (χ4n) is 3.48. The first kappa shape index (κ1) is 13.9.